The minimum Gasteiger partial charge on any atom is -0.373 e. The van der Waals surface area contributed by atoms with Crippen LogP contribution in [0.2, 0.25) is 0 Å². The molecule has 2 fully saturated rings. The summed E-state index contributed by atoms with van der Waals surface area (Å²) in [5, 5.41) is 3.67. The van der Waals surface area contributed by atoms with E-state index in [1.54, 1.807) is 0 Å². The lowest BCUT2D eigenvalue weighted by molar-refractivity contribution is -0.0763. The zero-order valence-electron chi connectivity index (χ0n) is 13.9. The highest BCUT2D eigenvalue weighted by molar-refractivity contribution is 4.87. The molecule has 0 aromatic heterocycles. The van der Waals surface area contributed by atoms with E-state index in [4.69, 9.17) is 4.74 Å². The van der Waals surface area contributed by atoms with Crippen molar-refractivity contribution < 1.29 is 4.74 Å². The minimum atomic E-state index is 0.468. The Morgan fingerprint density at radius 3 is 2.60 bits per heavy atom. The van der Waals surface area contributed by atoms with E-state index in [0.29, 0.717) is 18.2 Å². The normalized spacial score (nSPS) is 38.9. The number of likely N-dealkylation sites (N-methyl/N-ethyl adjacent to an activating group) is 1. The molecule has 118 valence electrons. The van der Waals surface area contributed by atoms with Gasteiger partial charge in [0.1, 0.15) is 0 Å². The molecule has 0 aromatic rings. The number of hydrogen-bond donors (Lipinski definition) is 1. The van der Waals surface area contributed by atoms with Crippen LogP contribution in [0.1, 0.15) is 78.6 Å². The number of hydrogen-bond acceptors (Lipinski definition) is 2. The van der Waals surface area contributed by atoms with Gasteiger partial charge in [-0.25, -0.2) is 0 Å². The molecule has 2 heteroatoms. The summed E-state index contributed by atoms with van der Waals surface area (Å²) in [6.07, 6.45) is 13.0. The second-order valence-corrected chi connectivity index (χ2v) is 7.20. The average Bonchev–Trinajstić information content (AvgIpc) is 2.42. The molecule has 2 aliphatic carbocycles. The Kier molecular flexibility index (Phi) is 6.83. The van der Waals surface area contributed by atoms with Crippen LogP contribution in [0.15, 0.2) is 0 Å². The molecule has 0 amide bonds. The smallest absolute Gasteiger partial charge is 0.0734 e. The van der Waals surface area contributed by atoms with Gasteiger partial charge in [-0.1, -0.05) is 46.5 Å². The molecule has 0 bridgehead atoms. The highest BCUT2D eigenvalue weighted by atomic mass is 16.5. The fourth-order valence-corrected chi connectivity index (χ4v) is 4.28. The van der Waals surface area contributed by atoms with E-state index in [1.807, 2.05) is 0 Å². The van der Waals surface area contributed by atoms with Crippen molar-refractivity contribution in [2.45, 2.75) is 96.8 Å². The SMILES string of the molecule is CCCC1CCC(NCC)C(OC2CCCC(C)C2)C1. The first-order valence-electron chi connectivity index (χ1n) is 9.11. The summed E-state index contributed by atoms with van der Waals surface area (Å²) in [7, 11) is 0. The van der Waals surface area contributed by atoms with E-state index in [0.717, 1.165) is 18.4 Å². The van der Waals surface area contributed by atoms with E-state index in [2.05, 4.69) is 26.1 Å². The lowest BCUT2D eigenvalue weighted by Gasteiger charge is -2.40. The molecule has 0 radical (unpaired) electrons. The van der Waals surface area contributed by atoms with Crippen molar-refractivity contribution in [3.8, 4) is 0 Å². The van der Waals surface area contributed by atoms with E-state index in [9.17, 15) is 0 Å². The van der Waals surface area contributed by atoms with Crippen LogP contribution in [-0.4, -0.2) is 24.8 Å². The van der Waals surface area contributed by atoms with Crippen LogP contribution >= 0.6 is 0 Å². The topological polar surface area (TPSA) is 21.3 Å². The first-order chi connectivity index (χ1) is 9.72. The van der Waals surface area contributed by atoms with Crippen LogP contribution in [0, 0.1) is 11.8 Å². The van der Waals surface area contributed by atoms with Crippen LogP contribution in [0.5, 0.6) is 0 Å². The molecule has 2 rings (SSSR count). The van der Waals surface area contributed by atoms with Crippen molar-refractivity contribution in [3.63, 3.8) is 0 Å². The van der Waals surface area contributed by atoms with Crippen LogP contribution in [-0.2, 0) is 4.74 Å². The number of nitrogens with one attached hydrogen (secondary N) is 1. The molecule has 0 aromatic carbocycles. The van der Waals surface area contributed by atoms with E-state index in [1.165, 1.54) is 57.8 Å². The van der Waals surface area contributed by atoms with Gasteiger partial charge in [0, 0.05) is 6.04 Å². The molecular formula is C18H35NO. The summed E-state index contributed by atoms with van der Waals surface area (Å²) in [6.45, 7) is 8.00. The molecule has 2 saturated carbocycles. The summed E-state index contributed by atoms with van der Waals surface area (Å²) >= 11 is 0. The third-order valence-electron chi connectivity index (χ3n) is 5.32. The maximum absolute atomic E-state index is 6.58. The van der Waals surface area contributed by atoms with Crippen molar-refractivity contribution in [2.75, 3.05) is 6.54 Å². The van der Waals surface area contributed by atoms with Crippen molar-refractivity contribution in [1.29, 1.82) is 0 Å². The van der Waals surface area contributed by atoms with E-state index in [-0.39, 0.29) is 0 Å². The molecule has 0 heterocycles. The second kappa shape index (κ2) is 8.38. The average molecular weight is 281 g/mol. The van der Waals surface area contributed by atoms with Gasteiger partial charge in [0.2, 0.25) is 0 Å². The summed E-state index contributed by atoms with van der Waals surface area (Å²) in [5.41, 5.74) is 0. The van der Waals surface area contributed by atoms with Gasteiger partial charge in [-0.2, -0.15) is 0 Å². The van der Waals surface area contributed by atoms with Crippen molar-refractivity contribution in [2.24, 2.45) is 11.8 Å². The number of rotatable bonds is 6. The summed E-state index contributed by atoms with van der Waals surface area (Å²) < 4.78 is 6.58. The molecule has 2 aliphatic rings. The summed E-state index contributed by atoms with van der Waals surface area (Å²) in [5.74, 6) is 1.77. The maximum Gasteiger partial charge on any atom is 0.0734 e. The van der Waals surface area contributed by atoms with E-state index < -0.39 is 0 Å². The standard InChI is InChI=1S/C18H35NO/c1-4-7-15-10-11-17(19-5-2)18(13-15)20-16-9-6-8-14(3)12-16/h14-19H,4-13H2,1-3H3. The third-order valence-corrected chi connectivity index (χ3v) is 5.32. The van der Waals surface area contributed by atoms with Crippen molar-refractivity contribution in [1.82, 2.24) is 5.32 Å². The second-order valence-electron chi connectivity index (χ2n) is 7.20. The summed E-state index contributed by atoms with van der Waals surface area (Å²) in [4.78, 5) is 0. The van der Waals surface area contributed by atoms with Gasteiger partial charge < -0.3 is 10.1 Å². The van der Waals surface area contributed by atoms with Crippen LogP contribution < -0.4 is 5.32 Å². The third kappa shape index (κ3) is 4.73. The first kappa shape index (κ1) is 16.3. The van der Waals surface area contributed by atoms with Gasteiger partial charge in [0.05, 0.1) is 12.2 Å². The molecular weight excluding hydrogens is 246 g/mol. The Morgan fingerprint density at radius 1 is 1.05 bits per heavy atom. The van der Waals surface area contributed by atoms with Crippen molar-refractivity contribution >= 4 is 0 Å². The largest absolute Gasteiger partial charge is 0.373 e. The molecule has 0 aliphatic heterocycles. The van der Waals surface area contributed by atoms with Crippen molar-refractivity contribution in [3.05, 3.63) is 0 Å². The van der Waals surface area contributed by atoms with Gasteiger partial charge in [-0.15, -0.1) is 0 Å². The predicted octanol–water partition coefficient (Wildman–Crippen LogP) is 4.53. The van der Waals surface area contributed by atoms with Crippen LogP contribution in [0.3, 0.4) is 0 Å². The minimum absolute atomic E-state index is 0.468. The summed E-state index contributed by atoms with van der Waals surface area (Å²) in [6, 6.07) is 0.602. The van der Waals surface area contributed by atoms with Gasteiger partial charge >= 0.3 is 0 Å². The molecule has 2 nitrogen and oxygen atoms in total. The fraction of sp³-hybridized carbons (Fsp3) is 1.00. The molecule has 20 heavy (non-hydrogen) atoms. The van der Waals surface area contributed by atoms with Crippen LogP contribution in [0.4, 0.5) is 0 Å². The first-order valence-corrected chi connectivity index (χ1v) is 9.11. The Labute approximate surface area is 126 Å². The van der Waals surface area contributed by atoms with Crippen LogP contribution in [0.25, 0.3) is 0 Å². The predicted molar refractivity (Wildman–Crippen MR) is 86.0 cm³/mol. The quantitative estimate of drug-likeness (QED) is 0.772. The zero-order chi connectivity index (χ0) is 14.4. The van der Waals surface area contributed by atoms with Gasteiger partial charge in [0.25, 0.3) is 0 Å². The number of ether oxygens (including phenoxy) is 1. The van der Waals surface area contributed by atoms with E-state index >= 15 is 0 Å². The molecule has 0 spiro atoms. The lowest BCUT2D eigenvalue weighted by atomic mass is 9.81. The monoisotopic (exact) mass is 281 g/mol. The highest BCUT2D eigenvalue weighted by Crippen LogP contribution is 2.33. The van der Waals surface area contributed by atoms with Gasteiger partial charge in [0.15, 0.2) is 0 Å². The maximum atomic E-state index is 6.58. The zero-order valence-corrected chi connectivity index (χ0v) is 13.9. The van der Waals surface area contributed by atoms with Gasteiger partial charge in [-0.05, 0) is 50.5 Å². The molecule has 1 N–H and O–H groups in total. The molecule has 5 unspecified atom stereocenters. The molecule has 5 atom stereocenters. The Hall–Kier alpha value is -0.0800. The van der Waals surface area contributed by atoms with Gasteiger partial charge in [-0.3, -0.25) is 0 Å². The Bertz CT molecular complexity index is 268. The molecule has 0 saturated heterocycles. The Balaban J connectivity index is 1.88. The lowest BCUT2D eigenvalue weighted by Crippen LogP contribution is -2.47. The fourth-order valence-electron chi connectivity index (χ4n) is 4.28. The highest BCUT2D eigenvalue weighted by Gasteiger charge is 2.33. The Morgan fingerprint density at radius 2 is 1.90 bits per heavy atom.